The van der Waals surface area contributed by atoms with Gasteiger partial charge in [0.05, 0.1) is 11.0 Å². The van der Waals surface area contributed by atoms with Gasteiger partial charge in [0.1, 0.15) is 6.33 Å². The predicted octanol–water partition coefficient (Wildman–Crippen LogP) is 4.46. The summed E-state index contributed by atoms with van der Waals surface area (Å²) in [7, 11) is 0. The molecule has 0 saturated heterocycles. The summed E-state index contributed by atoms with van der Waals surface area (Å²) in [5, 5.41) is 0. The smallest absolute Gasteiger partial charge is 0.100 e. The largest absolute Gasteiger partial charge is 0.299 e. The van der Waals surface area contributed by atoms with Crippen molar-refractivity contribution in [1.29, 1.82) is 0 Å². The molecule has 0 bridgehead atoms. The average Bonchev–Trinajstić information content (AvgIpc) is 2.81. The molecule has 0 aliphatic heterocycles. The average molecular weight is 250 g/mol. The number of rotatable bonds is 2. The third kappa shape index (κ3) is 2.03. The Hall–Kier alpha value is -2.09. The van der Waals surface area contributed by atoms with E-state index in [0.29, 0.717) is 5.92 Å². The van der Waals surface area contributed by atoms with Crippen LogP contribution in [0.2, 0.25) is 0 Å². The van der Waals surface area contributed by atoms with Crippen molar-refractivity contribution in [2.24, 2.45) is 0 Å². The first-order valence-electron chi connectivity index (χ1n) is 6.70. The minimum Gasteiger partial charge on any atom is -0.299 e. The second-order valence-electron chi connectivity index (χ2n) is 5.30. The van der Waals surface area contributed by atoms with E-state index >= 15 is 0 Å². The van der Waals surface area contributed by atoms with E-state index in [1.54, 1.807) is 0 Å². The van der Waals surface area contributed by atoms with Gasteiger partial charge >= 0.3 is 0 Å². The Bertz CT molecular complexity index is 709. The molecule has 0 aliphatic carbocycles. The van der Waals surface area contributed by atoms with Gasteiger partial charge in [-0.3, -0.25) is 4.57 Å². The van der Waals surface area contributed by atoms with Crippen LogP contribution in [0.3, 0.4) is 0 Å². The number of para-hydroxylation sites is 1. The zero-order valence-corrected chi connectivity index (χ0v) is 11.6. The molecule has 1 heterocycles. The highest BCUT2D eigenvalue weighted by Gasteiger charge is 2.10. The lowest BCUT2D eigenvalue weighted by atomic mass is 9.97. The first-order chi connectivity index (χ1) is 9.16. The maximum atomic E-state index is 4.52. The standard InChI is InChI=1S/C17H18N2/c1-12(2)15-10-17-16(9-13(15)3)18-11-19(17)14-7-5-4-6-8-14/h4-12H,1-3H3. The fraction of sp³-hybridized carbons (Fsp3) is 0.235. The molecule has 19 heavy (non-hydrogen) atoms. The summed E-state index contributed by atoms with van der Waals surface area (Å²) in [4.78, 5) is 4.52. The number of hydrogen-bond donors (Lipinski definition) is 0. The molecule has 0 amide bonds. The van der Waals surface area contributed by atoms with Crippen molar-refractivity contribution in [2.45, 2.75) is 26.7 Å². The molecule has 0 saturated carbocycles. The van der Waals surface area contributed by atoms with Crippen molar-refractivity contribution in [3.8, 4) is 5.69 Å². The molecule has 96 valence electrons. The predicted molar refractivity (Wildman–Crippen MR) is 79.9 cm³/mol. The van der Waals surface area contributed by atoms with Gasteiger partial charge in [-0.05, 0) is 48.2 Å². The van der Waals surface area contributed by atoms with E-state index in [1.807, 2.05) is 12.4 Å². The molecular formula is C17H18N2. The molecule has 1 aromatic heterocycles. The normalized spacial score (nSPS) is 11.4. The lowest BCUT2D eigenvalue weighted by molar-refractivity contribution is 0.858. The third-order valence-electron chi connectivity index (χ3n) is 3.59. The van der Waals surface area contributed by atoms with Gasteiger partial charge in [-0.25, -0.2) is 4.98 Å². The van der Waals surface area contributed by atoms with Gasteiger partial charge < -0.3 is 0 Å². The molecule has 2 heteroatoms. The van der Waals surface area contributed by atoms with E-state index in [1.165, 1.54) is 16.6 Å². The number of benzene rings is 2. The van der Waals surface area contributed by atoms with Gasteiger partial charge in [0.15, 0.2) is 0 Å². The third-order valence-corrected chi connectivity index (χ3v) is 3.59. The summed E-state index contributed by atoms with van der Waals surface area (Å²) >= 11 is 0. The van der Waals surface area contributed by atoms with E-state index in [4.69, 9.17) is 0 Å². The van der Waals surface area contributed by atoms with E-state index < -0.39 is 0 Å². The summed E-state index contributed by atoms with van der Waals surface area (Å²) in [5.41, 5.74) is 6.11. The van der Waals surface area contributed by atoms with Crippen LogP contribution < -0.4 is 0 Å². The Kier molecular flexibility index (Phi) is 2.86. The summed E-state index contributed by atoms with van der Waals surface area (Å²) in [5.74, 6) is 0.531. The summed E-state index contributed by atoms with van der Waals surface area (Å²) in [6.45, 7) is 6.63. The Labute approximate surface area is 113 Å². The van der Waals surface area contributed by atoms with Crippen molar-refractivity contribution < 1.29 is 0 Å². The van der Waals surface area contributed by atoms with Crippen molar-refractivity contribution in [3.63, 3.8) is 0 Å². The molecule has 3 rings (SSSR count). The number of hydrogen-bond acceptors (Lipinski definition) is 1. The SMILES string of the molecule is Cc1cc2ncn(-c3ccccc3)c2cc1C(C)C. The Morgan fingerprint density at radius 3 is 2.47 bits per heavy atom. The highest BCUT2D eigenvalue weighted by Crippen LogP contribution is 2.26. The van der Waals surface area contributed by atoms with Gasteiger partial charge in [-0.2, -0.15) is 0 Å². The fourth-order valence-corrected chi connectivity index (χ4v) is 2.59. The van der Waals surface area contributed by atoms with Crippen LogP contribution >= 0.6 is 0 Å². The second-order valence-corrected chi connectivity index (χ2v) is 5.30. The molecule has 0 spiro atoms. The summed E-state index contributed by atoms with van der Waals surface area (Å²) in [6.07, 6.45) is 1.91. The zero-order valence-electron chi connectivity index (χ0n) is 11.6. The van der Waals surface area contributed by atoms with E-state index in [9.17, 15) is 0 Å². The van der Waals surface area contributed by atoms with Crippen LogP contribution in [0.15, 0.2) is 48.8 Å². The first-order valence-corrected chi connectivity index (χ1v) is 6.70. The topological polar surface area (TPSA) is 17.8 Å². The molecule has 0 radical (unpaired) electrons. The van der Waals surface area contributed by atoms with Gasteiger partial charge in [-0.1, -0.05) is 32.0 Å². The van der Waals surface area contributed by atoms with Crippen LogP contribution in [0, 0.1) is 6.92 Å². The van der Waals surface area contributed by atoms with Crippen molar-refractivity contribution >= 4 is 11.0 Å². The molecule has 3 aromatic rings. The maximum absolute atomic E-state index is 4.52. The fourth-order valence-electron chi connectivity index (χ4n) is 2.59. The minimum atomic E-state index is 0.531. The van der Waals surface area contributed by atoms with Crippen LogP contribution in [0.4, 0.5) is 0 Å². The summed E-state index contributed by atoms with van der Waals surface area (Å²) in [6, 6.07) is 14.8. The Morgan fingerprint density at radius 1 is 1.05 bits per heavy atom. The number of imidazole rings is 1. The monoisotopic (exact) mass is 250 g/mol. The molecule has 0 atom stereocenters. The van der Waals surface area contributed by atoms with Crippen molar-refractivity contribution in [1.82, 2.24) is 9.55 Å². The first kappa shape index (κ1) is 12.0. The van der Waals surface area contributed by atoms with Crippen LogP contribution in [-0.4, -0.2) is 9.55 Å². The molecule has 0 N–H and O–H groups in total. The molecule has 2 nitrogen and oxygen atoms in total. The second kappa shape index (κ2) is 4.54. The highest BCUT2D eigenvalue weighted by atomic mass is 15.0. The Balaban J connectivity index is 2.25. The van der Waals surface area contributed by atoms with Crippen molar-refractivity contribution in [2.75, 3.05) is 0 Å². The molecule has 0 fully saturated rings. The van der Waals surface area contributed by atoms with Crippen molar-refractivity contribution in [3.05, 3.63) is 59.9 Å². The Morgan fingerprint density at radius 2 is 1.79 bits per heavy atom. The molecule has 0 unspecified atom stereocenters. The lowest BCUT2D eigenvalue weighted by Gasteiger charge is -2.11. The zero-order chi connectivity index (χ0) is 13.4. The highest BCUT2D eigenvalue weighted by molar-refractivity contribution is 5.79. The van der Waals surface area contributed by atoms with E-state index in [2.05, 4.69) is 66.7 Å². The van der Waals surface area contributed by atoms with Gasteiger partial charge in [0.25, 0.3) is 0 Å². The van der Waals surface area contributed by atoms with Gasteiger partial charge in [-0.15, -0.1) is 0 Å². The number of fused-ring (bicyclic) bond motifs is 1. The number of nitrogens with zero attached hydrogens (tertiary/aromatic N) is 2. The van der Waals surface area contributed by atoms with Crippen LogP contribution in [0.1, 0.15) is 30.9 Å². The molecule has 0 aliphatic rings. The minimum absolute atomic E-state index is 0.531. The molecule has 2 aromatic carbocycles. The van der Waals surface area contributed by atoms with Crippen LogP contribution in [0.5, 0.6) is 0 Å². The van der Waals surface area contributed by atoms with Crippen LogP contribution in [0.25, 0.3) is 16.7 Å². The maximum Gasteiger partial charge on any atom is 0.100 e. The van der Waals surface area contributed by atoms with Crippen LogP contribution in [-0.2, 0) is 0 Å². The van der Waals surface area contributed by atoms with Gasteiger partial charge in [0, 0.05) is 5.69 Å². The van der Waals surface area contributed by atoms with E-state index in [0.717, 1.165) is 11.2 Å². The number of aromatic nitrogens is 2. The molecular weight excluding hydrogens is 232 g/mol. The quantitative estimate of drug-likeness (QED) is 0.656. The van der Waals surface area contributed by atoms with Gasteiger partial charge in [0.2, 0.25) is 0 Å². The van der Waals surface area contributed by atoms with E-state index in [-0.39, 0.29) is 0 Å². The lowest BCUT2D eigenvalue weighted by Crippen LogP contribution is -1.95. The number of aryl methyl sites for hydroxylation is 1. The summed E-state index contributed by atoms with van der Waals surface area (Å²) < 4.78 is 2.15.